The van der Waals surface area contributed by atoms with Crippen molar-refractivity contribution in [3.8, 4) is 0 Å². The molecular weight excluding hydrogens is 312 g/mol. The van der Waals surface area contributed by atoms with Crippen molar-refractivity contribution in [2.24, 2.45) is 5.92 Å². The standard InChI is InChI=1S/C15H24.C11H16/c1-4-9-14(10-5-2)13(3)15-11-7-6-8-12-15;1-3-7-10(2)11-8-5-4-6-9-11/h7,11-12,14H,3-6,8-10H2,1-2H3;4-6,8-10H,3,7H2,1-2H3. The second-order valence-corrected chi connectivity index (χ2v) is 7.54. The van der Waals surface area contributed by atoms with E-state index in [-0.39, 0.29) is 0 Å². The van der Waals surface area contributed by atoms with Gasteiger partial charge < -0.3 is 0 Å². The van der Waals surface area contributed by atoms with Gasteiger partial charge in [-0.05, 0) is 60.6 Å². The van der Waals surface area contributed by atoms with Crippen molar-refractivity contribution in [3.05, 3.63) is 71.8 Å². The van der Waals surface area contributed by atoms with Gasteiger partial charge in [0.05, 0.1) is 0 Å². The average molecular weight is 353 g/mol. The van der Waals surface area contributed by atoms with Crippen molar-refractivity contribution in [1.29, 1.82) is 0 Å². The van der Waals surface area contributed by atoms with Crippen LogP contribution in [0, 0.1) is 5.92 Å². The first-order valence-electron chi connectivity index (χ1n) is 10.7. The quantitative estimate of drug-likeness (QED) is 0.417. The smallest absolute Gasteiger partial charge is 0.0162 e. The van der Waals surface area contributed by atoms with E-state index in [4.69, 9.17) is 0 Å². The van der Waals surface area contributed by atoms with Gasteiger partial charge in [0.2, 0.25) is 0 Å². The molecule has 1 aliphatic rings. The summed E-state index contributed by atoms with van der Waals surface area (Å²) in [6.45, 7) is 13.4. The summed E-state index contributed by atoms with van der Waals surface area (Å²) in [5, 5.41) is 0. The summed E-state index contributed by atoms with van der Waals surface area (Å²) in [6.07, 6.45) is 16.9. The molecule has 0 saturated heterocycles. The minimum atomic E-state index is 0.703. The second-order valence-electron chi connectivity index (χ2n) is 7.54. The molecule has 144 valence electrons. The molecule has 1 atom stereocenters. The lowest BCUT2D eigenvalue weighted by Crippen LogP contribution is -2.05. The Kier molecular flexibility index (Phi) is 11.8. The molecule has 0 aromatic heterocycles. The topological polar surface area (TPSA) is 0 Å². The number of rotatable bonds is 9. The fourth-order valence-electron chi connectivity index (χ4n) is 3.66. The van der Waals surface area contributed by atoms with Crippen molar-refractivity contribution in [2.45, 2.75) is 85.0 Å². The molecule has 0 N–H and O–H groups in total. The van der Waals surface area contributed by atoms with Crippen LogP contribution in [0.25, 0.3) is 0 Å². The first-order chi connectivity index (χ1) is 12.6. The average Bonchev–Trinajstić information content (AvgIpc) is 2.69. The zero-order valence-corrected chi connectivity index (χ0v) is 17.6. The fraction of sp³-hybridized carbons (Fsp3) is 0.538. The van der Waals surface area contributed by atoms with E-state index < -0.39 is 0 Å². The molecule has 0 aliphatic heterocycles. The molecule has 26 heavy (non-hydrogen) atoms. The Bertz CT molecular complexity index is 541. The fourth-order valence-corrected chi connectivity index (χ4v) is 3.66. The van der Waals surface area contributed by atoms with Gasteiger partial charge in [-0.3, -0.25) is 0 Å². The maximum atomic E-state index is 4.30. The maximum Gasteiger partial charge on any atom is -0.0162 e. The highest BCUT2D eigenvalue weighted by atomic mass is 14.2. The highest BCUT2D eigenvalue weighted by molar-refractivity contribution is 5.40. The van der Waals surface area contributed by atoms with Crippen LogP contribution in [0.5, 0.6) is 0 Å². The molecular formula is C26H40. The Hall–Kier alpha value is -1.56. The normalized spacial score (nSPS) is 14.4. The van der Waals surface area contributed by atoms with Crippen molar-refractivity contribution in [2.75, 3.05) is 0 Å². The van der Waals surface area contributed by atoms with E-state index in [9.17, 15) is 0 Å². The van der Waals surface area contributed by atoms with E-state index in [1.54, 1.807) is 0 Å². The monoisotopic (exact) mass is 352 g/mol. The van der Waals surface area contributed by atoms with Crippen LogP contribution in [0.2, 0.25) is 0 Å². The highest BCUT2D eigenvalue weighted by Crippen LogP contribution is 2.29. The van der Waals surface area contributed by atoms with E-state index in [0.29, 0.717) is 5.92 Å². The predicted molar refractivity (Wildman–Crippen MR) is 119 cm³/mol. The van der Waals surface area contributed by atoms with Gasteiger partial charge in [0.1, 0.15) is 0 Å². The van der Waals surface area contributed by atoms with Crippen LogP contribution in [0.3, 0.4) is 0 Å². The van der Waals surface area contributed by atoms with Gasteiger partial charge in [0.15, 0.2) is 0 Å². The first kappa shape index (κ1) is 22.5. The summed E-state index contributed by atoms with van der Waals surface area (Å²) in [4.78, 5) is 0. The van der Waals surface area contributed by atoms with Gasteiger partial charge >= 0.3 is 0 Å². The molecule has 0 amide bonds. The van der Waals surface area contributed by atoms with Crippen molar-refractivity contribution >= 4 is 0 Å². The lowest BCUT2D eigenvalue weighted by Gasteiger charge is -2.20. The Balaban J connectivity index is 0.000000273. The van der Waals surface area contributed by atoms with Gasteiger partial charge in [-0.2, -0.15) is 0 Å². The molecule has 0 heterocycles. The van der Waals surface area contributed by atoms with Crippen LogP contribution >= 0.6 is 0 Å². The Labute approximate surface area is 163 Å². The molecule has 1 aliphatic carbocycles. The Morgan fingerprint density at radius 1 is 0.923 bits per heavy atom. The molecule has 0 saturated carbocycles. The van der Waals surface area contributed by atoms with Crippen LogP contribution in [-0.4, -0.2) is 0 Å². The number of allylic oxidation sites excluding steroid dienone is 5. The molecule has 0 radical (unpaired) electrons. The van der Waals surface area contributed by atoms with Gasteiger partial charge in [-0.1, -0.05) is 102 Å². The third-order valence-corrected chi connectivity index (χ3v) is 5.22. The van der Waals surface area contributed by atoms with Crippen molar-refractivity contribution in [1.82, 2.24) is 0 Å². The summed E-state index contributed by atoms with van der Waals surface area (Å²) >= 11 is 0. The minimum absolute atomic E-state index is 0.703. The van der Waals surface area contributed by atoms with Crippen LogP contribution in [0.4, 0.5) is 0 Å². The molecule has 1 unspecified atom stereocenters. The molecule has 2 rings (SSSR count). The van der Waals surface area contributed by atoms with E-state index in [1.165, 1.54) is 68.1 Å². The van der Waals surface area contributed by atoms with E-state index in [2.05, 4.69) is 82.8 Å². The van der Waals surface area contributed by atoms with E-state index in [1.807, 2.05) is 0 Å². The Morgan fingerprint density at radius 2 is 1.54 bits per heavy atom. The first-order valence-corrected chi connectivity index (χ1v) is 10.7. The van der Waals surface area contributed by atoms with E-state index in [0.717, 1.165) is 5.92 Å². The molecule has 0 fully saturated rings. The summed E-state index contributed by atoms with van der Waals surface area (Å²) in [6, 6.07) is 10.7. The predicted octanol–water partition coefficient (Wildman–Crippen LogP) is 8.63. The largest absolute Gasteiger partial charge is 0.0950 e. The Morgan fingerprint density at radius 3 is 2.04 bits per heavy atom. The van der Waals surface area contributed by atoms with Crippen LogP contribution < -0.4 is 0 Å². The zero-order valence-electron chi connectivity index (χ0n) is 17.6. The lowest BCUT2D eigenvalue weighted by atomic mass is 9.85. The minimum Gasteiger partial charge on any atom is -0.0950 e. The molecule has 0 spiro atoms. The van der Waals surface area contributed by atoms with Crippen LogP contribution in [0.1, 0.15) is 90.5 Å². The lowest BCUT2D eigenvalue weighted by molar-refractivity contribution is 0.510. The molecule has 1 aromatic rings. The van der Waals surface area contributed by atoms with Gasteiger partial charge in [0.25, 0.3) is 0 Å². The van der Waals surface area contributed by atoms with E-state index >= 15 is 0 Å². The van der Waals surface area contributed by atoms with Crippen LogP contribution in [0.15, 0.2) is 66.3 Å². The highest BCUT2D eigenvalue weighted by Gasteiger charge is 2.13. The molecule has 0 nitrogen and oxygen atoms in total. The molecule has 1 aromatic carbocycles. The second kappa shape index (κ2) is 13.6. The van der Waals surface area contributed by atoms with Crippen LogP contribution in [-0.2, 0) is 0 Å². The molecule has 0 heteroatoms. The van der Waals surface area contributed by atoms with Gasteiger partial charge in [0, 0.05) is 0 Å². The number of benzene rings is 1. The summed E-state index contributed by atoms with van der Waals surface area (Å²) in [5.41, 5.74) is 4.23. The van der Waals surface area contributed by atoms with Gasteiger partial charge in [-0.25, -0.2) is 0 Å². The SMILES string of the molecule is C=C(C1=CCCC=C1)C(CCC)CCC.CCCC(C)c1ccccc1. The number of hydrogen-bond acceptors (Lipinski definition) is 0. The third-order valence-electron chi connectivity index (χ3n) is 5.22. The zero-order chi connectivity index (χ0) is 19.2. The van der Waals surface area contributed by atoms with Crippen molar-refractivity contribution in [3.63, 3.8) is 0 Å². The third kappa shape index (κ3) is 8.21. The van der Waals surface area contributed by atoms with Gasteiger partial charge in [-0.15, -0.1) is 0 Å². The molecule has 0 bridgehead atoms. The summed E-state index contributed by atoms with van der Waals surface area (Å²) in [5.74, 6) is 1.43. The number of hydrogen-bond donors (Lipinski definition) is 0. The van der Waals surface area contributed by atoms with Crippen molar-refractivity contribution < 1.29 is 0 Å². The summed E-state index contributed by atoms with van der Waals surface area (Å²) < 4.78 is 0. The summed E-state index contributed by atoms with van der Waals surface area (Å²) in [7, 11) is 0. The maximum absolute atomic E-state index is 4.30.